The van der Waals surface area contributed by atoms with Crippen molar-refractivity contribution in [3.05, 3.63) is 35.9 Å². The fourth-order valence-electron chi connectivity index (χ4n) is 2.28. The third kappa shape index (κ3) is 3.21. The van der Waals surface area contributed by atoms with Gasteiger partial charge in [0.2, 0.25) is 11.9 Å². The van der Waals surface area contributed by atoms with E-state index in [4.69, 9.17) is 14.9 Å². The maximum Gasteiger partial charge on any atom is 0.230 e. The van der Waals surface area contributed by atoms with Crippen LogP contribution in [0.1, 0.15) is 11.6 Å². The Morgan fingerprint density at radius 1 is 1.32 bits per heavy atom. The lowest BCUT2D eigenvalue weighted by atomic mass is 10.2. The first-order valence-electron chi connectivity index (χ1n) is 7.39. The van der Waals surface area contributed by atoms with Gasteiger partial charge in [-0.15, -0.1) is 0 Å². The number of nitrogens with zero attached hydrogens (tertiary/aromatic N) is 5. The first-order chi connectivity index (χ1) is 12.0. The van der Waals surface area contributed by atoms with Crippen LogP contribution in [0.3, 0.4) is 0 Å². The molecule has 8 nitrogen and oxygen atoms in total. The topological polar surface area (TPSA) is 114 Å². The number of nitrogen functional groups attached to an aromatic ring is 1. The number of rotatable bonds is 4. The van der Waals surface area contributed by atoms with E-state index in [1.807, 2.05) is 18.2 Å². The molecule has 126 valence electrons. The van der Waals surface area contributed by atoms with Crippen molar-refractivity contribution >= 4 is 34.5 Å². The van der Waals surface area contributed by atoms with Crippen LogP contribution in [0.25, 0.3) is 22.6 Å². The number of nitrogens with two attached hydrogens (primary N) is 1. The van der Waals surface area contributed by atoms with Crippen LogP contribution in [0.4, 0.5) is 11.9 Å². The minimum absolute atomic E-state index is 0.0427. The van der Waals surface area contributed by atoms with Crippen LogP contribution >= 0.6 is 0 Å². The average Bonchev–Trinajstić information content (AvgIpc) is 3.01. The maximum absolute atomic E-state index is 9.50. The van der Waals surface area contributed by atoms with E-state index in [0.717, 1.165) is 5.39 Å². The van der Waals surface area contributed by atoms with Crippen molar-refractivity contribution in [2.24, 2.45) is 0 Å². The monoisotopic (exact) mass is 336 g/mol. The quantitative estimate of drug-likeness (QED) is 0.722. The number of nitriles is 1. The van der Waals surface area contributed by atoms with Gasteiger partial charge in [0.25, 0.3) is 0 Å². The van der Waals surface area contributed by atoms with E-state index in [1.165, 1.54) is 0 Å². The first kappa shape index (κ1) is 16.3. The molecule has 0 spiro atoms. The lowest BCUT2D eigenvalue weighted by Crippen LogP contribution is -2.15. The van der Waals surface area contributed by atoms with E-state index < -0.39 is 0 Å². The van der Waals surface area contributed by atoms with Gasteiger partial charge >= 0.3 is 0 Å². The number of fused-ring (bicyclic) bond motifs is 1. The molecule has 0 saturated heterocycles. The highest BCUT2D eigenvalue weighted by Gasteiger charge is 2.13. The molecule has 0 aliphatic carbocycles. The lowest BCUT2D eigenvalue weighted by molar-refractivity contribution is 0.410. The van der Waals surface area contributed by atoms with Crippen molar-refractivity contribution in [3.63, 3.8) is 0 Å². The van der Waals surface area contributed by atoms with Crippen molar-refractivity contribution in [1.82, 2.24) is 15.0 Å². The predicted octanol–water partition coefficient (Wildman–Crippen LogP) is 2.34. The summed E-state index contributed by atoms with van der Waals surface area (Å²) in [6.07, 6.45) is 1.56. The second-order valence-corrected chi connectivity index (χ2v) is 5.41. The molecule has 2 N–H and O–H groups in total. The molecule has 25 heavy (non-hydrogen) atoms. The molecule has 0 aliphatic heterocycles. The van der Waals surface area contributed by atoms with Gasteiger partial charge in [0.05, 0.1) is 7.11 Å². The predicted molar refractivity (Wildman–Crippen MR) is 94.8 cm³/mol. The number of hydrogen-bond donors (Lipinski definition) is 1. The van der Waals surface area contributed by atoms with Crippen LogP contribution in [0, 0.1) is 11.3 Å². The van der Waals surface area contributed by atoms with Crippen molar-refractivity contribution in [3.8, 4) is 11.8 Å². The molecule has 0 atom stereocenters. The Kier molecular flexibility index (Phi) is 4.22. The molecule has 0 fully saturated rings. The van der Waals surface area contributed by atoms with Crippen LogP contribution in [0.15, 0.2) is 28.7 Å². The molecule has 2 aromatic heterocycles. The van der Waals surface area contributed by atoms with E-state index in [9.17, 15) is 5.26 Å². The molecular weight excluding hydrogens is 320 g/mol. The van der Waals surface area contributed by atoms with Gasteiger partial charge in [-0.3, -0.25) is 0 Å². The fourth-order valence-corrected chi connectivity index (χ4v) is 2.28. The van der Waals surface area contributed by atoms with Crippen LogP contribution in [0.5, 0.6) is 5.75 Å². The summed E-state index contributed by atoms with van der Waals surface area (Å²) in [5.74, 6) is 1.71. The summed E-state index contributed by atoms with van der Waals surface area (Å²) in [5.41, 5.74) is 6.54. The Hall–Kier alpha value is -3.60. The zero-order chi connectivity index (χ0) is 18.0. The van der Waals surface area contributed by atoms with Crippen molar-refractivity contribution in [2.75, 3.05) is 31.8 Å². The lowest BCUT2D eigenvalue weighted by Gasteiger charge is -2.10. The van der Waals surface area contributed by atoms with E-state index in [1.54, 1.807) is 38.2 Å². The van der Waals surface area contributed by atoms with Crippen molar-refractivity contribution in [1.29, 1.82) is 5.26 Å². The molecule has 0 radical (unpaired) electrons. The van der Waals surface area contributed by atoms with E-state index in [-0.39, 0.29) is 17.3 Å². The van der Waals surface area contributed by atoms with Crippen molar-refractivity contribution in [2.45, 2.75) is 0 Å². The molecular formula is C17H16N6O2. The summed E-state index contributed by atoms with van der Waals surface area (Å²) < 4.78 is 11.1. The number of aromatic nitrogens is 3. The normalized spacial score (nSPS) is 11.4. The highest BCUT2D eigenvalue weighted by molar-refractivity contribution is 5.91. The summed E-state index contributed by atoms with van der Waals surface area (Å²) in [6, 6.07) is 9.46. The zero-order valence-corrected chi connectivity index (χ0v) is 14.0. The Morgan fingerprint density at radius 2 is 2.12 bits per heavy atom. The van der Waals surface area contributed by atoms with Gasteiger partial charge in [0, 0.05) is 25.6 Å². The standard InChI is InChI=1S/C17H16N6O2/c1-23(2)17-21-15(20-16(19)22-17)11(9-18)8-12-7-10-5-4-6-13(24-3)14(10)25-12/h4-8H,1-3H3,(H2,19,20,21,22)/b11-8+. The molecule has 0 amide bonds. The number of benzene rings is 1. The number of allylic oxidation sites excluding steroid dienone is 1. The van der Waals surface area contributed by atoms with E-state index >= 15 is 0 Å². The van der Waals surface area contributed by atoms with Crippen LogP contribution < -0.4 is 15.4 Å². The third-order valence-electron chi connectivity index (χ3n) is 3.44. The number of ether oxygens (including phenoxy) is 1. The highest BCUT2D eigenvalue weighted by Crippen LogP contribution is 2.30. The Morgan fingerprint density at radius 3 is 2.80 bits per heavy atom. The van der Waals surface area contributed by atoms with Gasteiger partial charge < -0.3 is 19.8 Å². The number of para-hydroxylation sites is 1. The second-order valence-electron chi connectivity index (χ2n) is 5.41. The smallest absolute Gasteiger partial charge is 0.230 e. The molecule has 0 saturated carbocycles. The number of hydrogen-bond acceptors (Lipinski definition) is 8. The largest absolute Gasteiger partial charge is 0.493 e. The molecule has 0 unspecified atom stereocenters. The molecule has 8 heteroatoms. The molecule has 2 heterocycles. The van der Waals surface area contributed by atoms with Gasteiger partial charge in [-0.05, 0) is 12.1 Å². The second kappa shape index (κ2) is 6.49. The fraction of sp³-hybridized carbons (Fsp3) is 0.176. The first-order valence-corrected chi connectivity index (χ1v) is 7.39. The minimum Gasteiger partial charge on any atom is -0.493 e. The third-order valence-corrected chi connectivity index (χ3v) is 3.44. The molecule has 1 aromatic carbocycles. The molecule has 0 bridgehead atoms. The van der Waals surface area contributed by atoms with Crippen molar-refractivity contribution < 1.29 is 9.15 Å². The van der Waals surface area contributed by atoms with Gasteiger partial charge in [-0.1, -0.05) is 12.1 Å². The summed E-state index contributed by atoms with van der Waals surface area (Å²) in [6.45, 7) is 0. The van der Waals surface area contributed by atoms with Crippen LogP contribution in [0.2, 0.25) is 0 Å². The molecule has 3 rings (SSSR count). The molecule has 3 aromatic rings. The number of furan rings is 1. The highest BCUT2D eigenvalue weighted by atomic mass is 16.5. The van der Waals surface area contributed by atoms with Gasteiger partial charge in [-0.25, -0.2) is 0 Å². The number of anilines is 2. The number of methoxy groups -OCH3 is 1. The maximum atomic E-state index is 9.50. The summed E-state index contributed by atoms with van der Waals surface area (Å²) in [4.78, 5) is 14.0. The van der Waals surface area contributed by atoms with E-state index in [2.05, 4.69) is 21.0 Å². The van der Waals surface area contributed by atoms with Crippen LogP contribution in [-0.2, 0) is 0 Å². The van der Waals surface area contributed by atoms with Gasteiger partial charge in [-0.2, -0.15) is 20.2 Å². The Balaban J connectivity index is 2.09. The average molecular weight is 336 g/mol. The van der Waals surface area contributed by atoms with E-state index in [0.29, 0.717) is 23.0 Å². The Labute approximate surface area is 144 Å². The summed E-state index contributed by atoms with van der Waals surface area (Å²) >= 11 is 0. The summed E-state index contributed by atoms with van der Waals surface area (Å²) in [7, 11) is 5.13. The zero-order valence-electron chi connectivity index (χ0n) is 14.0. The SMILES string of the molecule is COc1cccc2cc(/C=C(\C#N)c3nc(N)nc(N(C)C)n3)oc12. The molecule has 0 aliphatic rings. The minimum atomic E-state index is 0.0427. The van der Waals surface area contributed by atoms with Crippen LogP contribution in [-0.4, -0.2) is 36.2 Å². The summed E-state index contributed by atoms with van der Waals surface area (Å²) in [5, 5.41) is 10.4. The Bertz CT molecular complexity index is 1000. The van der Waals surface area contributed by atoms with Gasteiger partial charge in [0.1, 0.15) is 17.4 Å². The van der Waals surface area contributed by atoms with Gasteiger partial charge in [0.15, 0.2) is 17.2 Å².